The molecule has 25 heavy (non-hydrogen) atoms. The van der Waals surface area contributed by atoms with Gasteiger partial charge >= 0.3 is 6.18 Å². The highest BCUT2D eigenvalue weighted by Gasteiger charge is 2.51. The van der Waals surface area contributed by atoms with E-state index < -0.39 is 11.8 Å². The third kappa shape index (κ3) is 4.17. The summed E-state index contributed by atoms with van der Waals surface area (Å²) in [5, 5.41) is 9.68. The average molecular weight is 352 g/mol. The lowest BCUT2D eigenvalue weighted by Crippen LogP contribution is -2.39. The number of amides is 1. The number of halogens is 3. The summed E-state index contributed by atoms with van der Waals surface area (Å²) < 4.78 is 38.6. The molecule has 7 heteroatoms. The van der Waals surface area contributed by atoms with Crippen LogP contribution < -0.4 is 0 Å². The second-order valence-corrected chi connectivity index (χ2v) is 5.82. The van der Waals surface area contributed by atoms with E-state index in [2.05, 4.69) is 4.98 Å². The molecule has 0 spiro atoms. The maximum Gasteiger partial charge on any atom is 0.421 e. The first kappa shape index (κ1) is 18.9. The van der Waals surface area contributed by atoms with Crippen LogP contribution >= 0.6 is 0 Å². The lowest BCUT2D eigenvalue weighted by molar-refractivity contribution is -0.258. The van der Waals surface area contributed by atoms with Gasteiger partial charge in [0.2, 0.25) is 0 Å². The molecule has 134 valence electrons. The third-order valence-electron chi connectivity index (χ3n) is 4.04. The molecule has 0 fully saturated rings. The van der Waals surface area contributed by atoms with Crippen LogP contribution in [0.3, 0.4) is 0 Å². The molecule has 1 atom stereocenters. The van der Waals surface area contributed by atoms with E-state index in [4.69, 9.17) is 0 Å². The SMILES string of the molecule is CCN(Cc1ccncc1)C(=O)c1ccc(C(C)(O)C(F)(F)F)cc1. The maximum absolute atomic E-state index is 12.9. The van der Waals surface area contributed by atoms with Gasteiger partial charge in [-0.25, -0.2) is 0 Å². The molecule has 0 saturated carbocycles. The predicted octanol–water partition coefficient (Wildman–Crippen LogP) is 3.51. The first-order chi connectivity index (χ1) is 11.7. The fourth-order valence-electron chi connectivity index (χ4n) is 2.32. The summed E-state index contributed by atoms with van der Waals surface area (Å²) in [4.78, 5) is 18.1. The Balaban J connectivity index is 2.19. The normalized spacial score (nSPS) is 14.0. The van der Waals surface area contributed by atoms with Gasteiger partial charge in [0.05, 0.1) is 0 Å². The van der Waals surface area contributed by atoms with E-state index in [1.807, 2.05) is 6.92 Å². The molecule has 0 aliphatic rings. The molecule has 1 amide bonds. The van der Waals surface area contributed by atoms with Crippen LogP contribution in [0.15, 0.2) is 48.8 Å². The minimum absolute atomic E-state index is 0.262. The number of carbonyl (C=O) groups is 1. The van der Waals surface area contributed by atoms with Crippen LogP contribution in [0, 0.1) is 0 Å². The van der Waals surface area contributed by atoms with E-state index in [0.717, 1.165) is 17.7 Å². The molecular weight excluding hydrogens is 333 g/mol. The van der Waals surface area contributed by atoms with Crippen molar-refractivity contribution in [2.75, 3.05) is 6.54 Å². The van der Waals surface area contributed by atoms with Crippen molar-refractivity contribution in [3.05, 3.63) is 65.5 Å². The monoisotopic (exact) mass is 352 g/mol. The molecule has 2 aromatic rings. The number of alkyl halides is 3. The van der Waals surface area contributed by atoms with Gasteiger partial charge in [0, 0.05) is 31.0 Å². The number of hydrogen-bond acceptors (Lipinski definition) is 3. The lowest BCUT2D eigenvalue weighted by Gasteiger charge is -2.27. The average Bonchev–Trinajstić information content (AvgIpc) is 2.59. The van der Waals surface area contributed by atoms with Crippen molar-refractivity contribution in [3.8, 4) is 0 Å². The van der Waals surface area contributed by atoms with Crippen LogP contribution in [0.1, 0.15) is 35.3 Å². The van der Waals surface area contributed by atoms with Crippen molar-refractivity contribution in [3.63, 3.8) is 0 Å². The van der Waals surface area contributed by atoms with Gasteiger partial charge in [0.15, 0.2) is 5.60 Å². The van der Waals surface area contributed by atoms with Gasteiger partial charge in [-0.3, -0.25) is 9.78 Å². The molecule has 2 rings (SSSR count). The number of carbonyl (C=O) groups excluding carboxylic acids is 1. The van der Waals surface area contributed by atoms with E-state index in [9.17, 15) is 23.1 Å². The number of nitrogens with zero attached hydrogens (tertiary/aromatic N) is 2. The van der Waals surface area contributed by atoms with Gasteiger partial charge in [0.1, 0.15) is 0 Å². The Morgan fingerprint density at radius 1 is 1.12 bits per heavy atom. The van der Waals surface area contributed by atoms with Crippen molar-refractivity contribution in [2.45, 2.75) is 32.2 Å². The summed E-state index contributed by atoms with van der Waals surface area (Å²) in [6, 6.07) is 8.43. The smallest absolute Gasteiger partial charge is 0.376 e. The molecule has 1 heterocycles. The molecule has 0 aliphatic carbocycles. The number of aliphatic hydroxyl groups is 1. The number of rotatable bonds is 5. The van der Waals surface area contributed by atoms with Crippen molar-refractivity contribution in [1.82, 2.24) is 9.88 Å². The van der Waals surface area contributed by atoms with E-state index in [-0.39, 0.29) is 17.0 Å². The molecule has 0 aliphatic heterocycles. The van der Waals surface area contributed by atoms with Crippen LogP contribution in [-0.2, 0) is 12.1 Å². The van der Waals surface area contributed by atoms with Gasteiger partial charge in [-0.1, -0.05) is 12.1 Å². The molecular formula is C18H19F3N2O2. The van der Waals surface area contributed by atoms with Gasteiger partial charge in [-0.15, -0.1) is 0 Å². The second kappa shape index (κ2) is 7.23. The first-order valence-electron chi connectivity index (χ1n) is 7.74. The van der Waals surface area contributed by atoms with Crippen molar-refractivity contribution < 1.29 is 23.1 Å². The van der Waals surface area contributed by atoms with Crippen LogP contribution in [-0.4, -0.2) is 33.6 Å². The van der Waals surface area contributed by atoms with Crippen LogP contribution in [0.25, 0.3) is 0 Å². The predicted molar refractivity (Wildman–Crippen MR) is 86.7 cm³/mol. The highest BCUT2D eigenvalue weighted by atomic mass is 19.4. The third-order valence-corrected chi connectivity index (χ3v) is 4.04. The Labute approximate surface area is 143 Å². The van der Waals surface area contributed by atoms with E-state index in [1.165, 1.54) is 12.1 Å². The molecule has 0 saturated heterocycles. The van der Waals surface area contributed by atoms with Crippen molar-refractivity contribution in [1.29, 1.82) is 0 Å². The van der Waals surface area contributed by atoms with Gasteiger partial charge < -0.3 is 10.0 Å². The van der Waals surface area contributed by atoms with Gasteiger partial charge in [-0.2, -0.15) is 13.2 Å². The van der Waals surface area contributed by atoms with Crippen LogP contribution in [0.2, 0.25) is 0 Å². The van der Waals surface area contributed by atoms with Gasteiger partial charge in [-0.05, 0) is 49.2 Å². The second-order valence-electron chi connectivity index (χ2n) is 5.82. The van der Waals surface area contributed by atoms with E-state index in [1.54, 1.807) is 29.4 Å². The lowest BCUT2D eigenvalue weighted by atomic mass is 9.94. The largest absolute Gasteiger partial charge is 0.421 e. The zero-order valence-electron chi connectivity index (χ0n) is 13.9. The minimum Gasteiger partial charge on any atom is -0.376 e. The molecule has 4 nitrogen and oxygen atoms in total. The zero-order valence-corrected chi connectivity index (χ0v) is 13.9. The molecule has 0 radical (unpaired) electrons. The van der Waals surface area contributed by atoms with Crippen LogP contribution in [0.4, 0.5) is 13.2 Å². The molecule has 1 N–H and O–H groups in total. The quantitative estimate of drug-likeness (QED) is 0.896. The van der Waals surface area contributed by atoms with E-state index in [0.29, 0.717) is 20.0 Å². The fraction of sp³-hybridized carbons (Fsp3) is 0.333. The zero-order chi connectivity index (χ0) is 18.7. The highest BCUT2D eigenvalue weighted by Crippen LogP contribution is 2.38. The number of benzene rings is 1. The highest BCUT2D eigenvalue weighted by molar-refractivity contribution is 5.94. The number of hydrogen-bond donors (Lipinski definition) is 1. The Bertz CT molecular complexity index is 713. The molecule has 1 aromatic carbocycles. The summed E-state index contributed by atoms with van der Waals surface area (Å²) in [5.41, 5.74) is -2.11. The number of aromatic nitrogens is 1. The Morgan fingerprint density at radius 2 is 1.68 bits per heavy atom. The van der Waals surface area contributed by atoms with Crippen LogP contribution in [0.5, 0.6) is 0 Å². The summed E-state index contributed by atoms with van der Waals surface area (Å²) >= 11 is 0. The number of pyridine rings is 1. The van der Waals surface area contributed by atoms with Gasteiger partial charge in [0.25, 0.3) is 5.91 Å². The maximum atomic E-state index is 12.9. The summed E-state index contributed by atoms with van der Waals surface area (Å²) in [6.07, 6.45) is -1.54. The van der Waals surface area contributed by atoms with Crippen molar-refractivity contribution in [2.24, 2.45) is 0 Å². The summed E-state index contributed by atoms with van der Waals surface area (Å²) in [7, 11) is 0. The minimum atomic E-state index is -4.80. The molecule has 1 aromatic heterocycles. The van der Waals surface area contributed by atoms with E-state index >= 15 is 0 Å². The Morgan fingerprint density at radius 3 is 2.16 bits per heavy atom. The molecule has 0 bridgehead atoms. The topological polar surface area (TPSA) is 53.4 Å². The standard InChI is InChI=1S/C18H19F3N2O2/c1-3-23(12-13-8-10-22-11-9-13)16(24)14-4-6-15(7-5-14)17(2,25)18(19,20)21/h4-11,25H,3,12H2,1-2H3. The first-order valence-corrected chi connectivity index (χ1v) is 7.74. The Hall–Kier alpha value is -2.41. The fourth-order valence-corrected chi connectivity index (χ4v) is 2.32. The summed E-state index contributed by atoms with van der Waals surface area (Å²) in [5.74, 6) is -0.294. The summed E-state index contributed by atoms with van der Waals surface area (Å²) in [6.45, 7) is 3.33. The molecule has 1 unspecified atom stereocenters. The van der Waals surface area contributed by atoms with Crippen molar-refractivity contribution >= 4 is 5.91 Å². The Kier molecular flexibility index (Phi) is 5.47.